The van der Waals surface area contributed by atoms with E-state index in [1.807, 2.05) is 0 Å². The lowest BCUT2D eigenvalue weighted by Gasteiger charge is -2.16. The molecule has 6 heteroatoms. The molecule has 5 nitrogen and oxygen atoms in total. The monoisotopic (exact) mass is 268 g/mol. The molecule has 0 saturated heterocycles. The van der Waals surface area contributed by atoms with Gasteiger partial charge in [0.2, 0.25) is 5.91 Å². The third kappa shape index (κ3) is 5.48. The van der Waals surface area contributed by atoms with Crippen molar-refractivity contribution < 1.29 is 18.7 Å². The lowest BCUT2D eigenvalue weighted by molar-refractivity contribution is -0.144. The number of esters is 1. The molecule has 1 unspecified atom stereocenters. The highest BCUT2D eigenvalue weighted by atomic mass is 19.1. The van der Waals surface area contributed by atoms with E-state index in [0.717, 1.165) is 5.56 Å². The van der Waals surface area contributed by atoms with Crippen LogP contribution in [-0.4, -0.2) is 31.6 Å². The van der Waals surface area contributed by atoms with Crippen molar-refractivity contribution in [1.82, 2.24) is 10.6 Å². The number of amides is 1. The number of halogens is 1. The molecule has 0 radical (unpaired) electrons. The molecule has 0 saturated carbocycles. The molecule has 0 aliphatic heterocycles. The van der Waals surface area contributed by atoms with Crippen LogP contribution in [0, 0.1) is 5.82 Å². The predicted octanol–water partition coefficient (Wildman–Crippen LogP) is 0.593. The van der Waals surface area contributed by atoms with Gasteiger partial charge in [0.25, 0.3) is 0 Å². The van der Waals surface area contributed by atoms with Gasteiger partial charge in [-0.3, -0.25) is 4.79 Å². The van der Waals surface area contributed by atoms with Crippen LogP contribution in [0.15, 0.2) is 24.3 Å². The van der Waals surface area contributed by atoms with E-state index in [-0.39, 0.29) is 18.3 Å². The fourth-order valence-corrected chi connectivity index (χ4v) is 1.59. The van der Waals surface area contributed by atoms with E-state index in [1.165, 1.54) is 26.2 Å². The third-order valence-electron chi connectivity index (χ3n) is 2.43. The number of rotatable bonds is 6. The number of carbonyl (C=O) groups is 2. The molecule has 0 aliphatic rings. The molecule has 19 heavy (non-hydrogen) atoms. The van der Waals surface area contributed by atoms with Crippen molar-refractivity contribution >= 4 is 11.9 Å². The van der Waals surface area contributed by atoms with Crippen LogP contribution in [-0.2, 0) is 20.9 Å². The summed E-state index contributed by atoms with van der Waals surface area (Å²) in [7, 11) is 1.25. The maximum Gasteiger partial charge on any atom is 0.329 e. The van der Waals surface area contributed by atoms with Crippen molar-refractivity contribution in [3.05, 3.63) is 35.6 Å². The Morgan fingerprint density at radius 3 is 2.74 bits per heavy atom. The second kappa shape index (κ2) is 7.48. The first-order chi connectivity index (χ1) is 9.02. The molecule has 0 heterocycles. The minimum atomic E-state index is -0.754. The number of carbonyl (C=O) groups excluding carboxylic acids is 2. The quantitative estimate of drug-likeness (QED) is 0.741. The summed E-state index contributed by atoms with van der Waals surface area (Å²) >= 11 is 0. The first-order valence-corrected chi connectivity index (χ1v) is 5.83. The van der Waals surface area contributed by atoms with Crippen molar-refractivity contribution in [3.63, 3.8) is 0 Å². The van der Waals surface area contributed by atoms with Crippen LogP contribution in [0.3, 0.4) is 0 Å². The van der Waals surface area contributed by atoms with Crippen molar-refractivity contribution in [1.29, 1.82) is 0 Å². The summed E-state index contributed by atoms with van der Waals surface area (Å²) in [6.07, 6.45) is 0. The van der Waals surface area contributed by atoms with Gasteiger partial charge in [0.1, 0.15) is 11.9 Å². The second-order valence-electron chi connectivity index (χ2n) is 4.04. The van der Waals surface area contributed by atoms with E-state index in [1.54, 1.807) is 12.1 Å². The zero-order valence-corrected chi connectivity index (χ0v) is 10.9. The summed E-state index contributed by atoms with van der Waals surface area (Å²) in [5.41, 5.74) is 0.756. The summed E-state index contributed by atoms with van der Waals surface area (Å²) in [5.74, 6) is -1.16. The highest BCUT2D eigenvalue weighted by molar-refractivity contribution is 5.83. The maximum absolute atomic E-state index is 12.9. The van der Waals surface area contributed by atoms with Crippen LogP contribution >= 0.6 is 0 Å². The van der Waals surface area contributed by atoms with E-state index >= 15 is 0 Å². The number of hydrogen-bond donors (Lipinski definition) is 2. The molecular formula is C13H17FN2O3. The Morgan fingerprint density at radius 1 is 1.42 bits per heavy atom. The van der Waals surface area contributed by atoms with Crippen LogP contribution in [0.5, 0.6) is 0 Å². The van der Waals surface area contributed by atoms with Crippen molar-refractivity contribution in [2.75, 3.05) is 13.7 Å². The first kappa shape index (κ1) is 15.1. The Kier molecular flexibility index (Phi) is 5.95. The molecule has 1 aromatic rings. The summed E-state index contributed by atoms with van der Waals surface area (Å²) in [5, 5.41) is 5.45. The van der Waals surface area contributed by atoms with Gasteiger partial charge < -0.3 is 15.4 Å². The Morgan fingerprint density at radius 2 is 2.16 bits per heavy atom. The molecule has 0 aromatic heterocycles. The lowest BCUT2D eigenvalue weighted by atomic mass is 10.2. The molecule has 1 aromatic carbocycles. The molecule has 0 spiro atoms. The van der Waals surface area contributed by atoms with Crippen LogP contribution in [0.25, 0.3) is 0 Å². The standard InChI is InChI=1S/C13H17FN2O3/c1-9(17)16-12(13(18)19-2)8-15-7-10-4-3-5-11(14)6-10/h3-6,12,15H,7-8H2,1-2H3,(H,16,17). The van der Waals surface area contributed by atoms with Crippen LogP contribution in [0.4, 0.5) is 4.39 Å². The highest BCUT2D eigenvalue weighted by Crippen LogP contribution is 2.02. The number of methoxy groups -OCH3 is 1. The van der Waals surface area contributed by atoms with Gasteiger partial charge >= 0.3 is 5.97 Å². The normalized spacial score (nSPS) is 11.7. The molecule has 104 valence electrons. The van der Waals surface area contributed by atoms with E-state index in [0.29, 0.717) is 6.54 Å². The van der Waals surface area contributed by atoms with Crippen LogP contribution in [0.1, 0.15) is 12.5 Å². The Hall–Kier alpha value is -1.95. The average molecular weight is 268 g/mol. The number of nitrogens with one attached hydrogen (secondary N) is 2. The number of benzene rings is 1. The second-order valence-corrected chi connectivity index (χ2v) is 4.04. The summed E-state index contributed by atoms with van der Waals surface area (Å²) in [6.45, 7) is 1.93. The number of ether oxygens (including phenoxy) is 1. The third-order valence-corrected chi connectivity index (χ3v) is 2.43. The predicted molar refractivity (Wildman–Crippen MR) is 67.7 cm³/mol. The molecular weight excluding hydrogens is 251 g/mol. The summed E-state index contributed by atoms with van der Waals surface area (Å²) in [6, 6.07) is 5.38. The first-order valence-electron chi connectivity index (χ1n) is 5.83. The number of hydrogen-bond acceptors (Lipinski definition) is 4. The van der Waals surface area contributed by atoms with Gasteiger partial charge in [0.15, 0.2) is 0 Å². The molecule has 0 aliphatic carbocycles. The summed E-state index contributed by atoms with van der Waals surface area (Å²) in [4.78, 5) is 22.4. The van der Waals surface area contributed by atoms with Gasteiger partial charge in [-0.25, -0.2) is 9.18 Å². The Balaban J connectivity index is 2.48. The molecule has 0 bridgehead atoms. The van der Waals surface area contributed by atoms with Crippen LogP contribution in [0.2, 0.25) is 0 Å². The fourth-order valence-electron chi connectivity index (χ4n) is 1.59. The minimum absolute atomic E-state index is 0.211. The Bertz CT molecular complexity index is 451. The van der Waals surface area contributed by atoms with Gasteiger partial charge in [0, 0.05) is 20.0 Å². The highest BCUT2D eigenvalue weighted by Gasteiger charge is 2.19. The van der Waals surface area contributed by atoms with Crippen molar-refractivity contribution in [3.8, 4) is 0 Å². The van der Waals surface area contributed by atoms with E-state index in [4.69, 9.17) is 0 Å². The van der Waals surface area contributed by atoms with Gasteiger partial charge in [-0.15, -0.1) is 0 Å². The van der Waals surface area contributed by atoms with Gasteiger partial charge in [-0.1, -0.05) is 12.1 Å². The smallest absolute Gasteiger partial charge is 0.329 e. The molecule has 1 atom stereocenters. The zero-order valence-electron chi connectivity index (χ0n) is 10.9. The van der Waals surface area contributed by atoms with E-state index < -0.39 is 12.0 Å². The van der Waals surface area contributed by atoms with Gasteiger partial charge in [-0.05, 0) is 17.7 Å². The largest absolute Gasteiger partial charge is 0.467 e. The van der Waals surface area contributed by atoms with Crippen LogP contribution < -0.4 is 10.6 Å². The average Bonchev–Trinajstić information content (AvgIpc) is 2.36. The Labute approximate surface area is 111 Å². The SMILES string of the molecule is COC(=O)C(CNCc1cccc(F)c1)NC(C)=O. The maximum atomic E-state index is 12.9. The fraction of sp³-hybridized carbons (Fsp3) is 0.385. The van der Waals surface area contributed by atoms with E-state index in [9.17, 15) is 14.0 Å². The molecule has 1 amide bonds. The molecule has 0 fully saturated rings. The summed E-state index contributed by atoms with van der Waals surface area (Å²) < 4.78 is 17.5. The molecule has 1 rings (SSSR count). The minimum Gasteiger partial charge on any atom is -0.467 e. The van der Waals surface area contributed by atoms with Gasteiger partial charge in [-0.2, -0.15) is 0 Å². The topological polar surface area (TPSA) is 67.4 Å². The molecule has 2 N–H and O–H groups in total. The van der Waals surface area contributed by atoms with Crippen molar-refractivity contribution in [2.45, 2.75) is 19.5 Å². The zero-order chi connectivity index (χ0) is 14.3. The van der Waals surface area contributed by atoms with Crippen molar-refractivity contribution in [2.24, 2.45) is 0 Å². The lowest BCUT2D eigenvalue weighted by Crippen LogP contribution is -2.46. The van der Waals surface area contributed by atoms with Gasteiger partial charge in [0.05, 0.1) is 7.11 Å². The van der Waals surface area contributed by atoms with E-state index in [2.05, 4.69) is 15.4 Å².